The molecular formula is C30H33N3O6S. The van der Waals surface area contributed by atoms with Gasteiger partial charge in [0.25, 0.3) is 5.56 Å². The highest BCUT2D eigenvalue weighted by molar-refractivity contribution is 7.07. The van der Waals surface area contributed by atoms with E-state index in [-0.39, 0.29) is 29.4 Å². The number of aromatic nitrogens is 1. The summed E-state index contributed by atoms with van der Waals surface area (Å²) in [5, 5.41) is 0. The van der Waals surface area contributed by atoms with Crippen LogP contribution in [-0.2, 0) is 14.3 Å². The van der Waals surface area contributed by atoms with E-state index in [1.165, 1.54) is 29.9 Å². The van der Waals surface area contributed by atoms with E-state index < -0.39 is 18.0 Å². The van der Waals surface area contributed by atoms with Crippen molar-refractivity contribution in [2.45, 2.75) is 33.7 Å². The van der Waals surface area contributed by atoms with Crippen LogP contribution in [0.5, 0.6) is 11.5 Å². The fraction of sp³-hybridized carbons (Fsp3) is 0.333. The first-order valence-electron chi connectivity index (χ1n) is 12.8. The van der Waals surface area contributed by atoms with Crippen molar-refractivity contribution in [2.24, 2.45) is 10.9 Å². The number of anilines is 1. The maximum Gasteiger partial charge on any atom is 0.338 e. The summed E-state index contributed by atoms with van der Waals surface area (Å²) >= 11 is 1.25. The van der Waals surface area contributed by atoms with Crippen LogP contribution in [0.4, 0.5) is 5.69 Å². The summed E-state index contributed by atoms with van der Waals surface area (Å²) in [6.45, 7) is 7.16. The van der Waals surface area contributed by atoms with Gasteiger partial charge in [-0.3, -0.25) is 14.2 Å². The zero-order valence-corrected chi connectivity index (χ0v) is 24.5. The average molecular weight is 564 g/mol. The van der Waals surface area contributed by atoms with Crippen LogP contribution in [0.1, 0.15) is 44.9 Å². The van der Waals surface area contributed by atoms with Gasteiger partial charge in [0, 0.05) is 26.7 Å². The molecule has 0 amide bonds. The minimum absolute atomic E-state index is 0.131. The highest BCUT2D eigenvalue weighted by atomic mass is 32.1. The van der Waals surface area contributed by atoms with Crippen molar-refractivity contribution in [1.82, 2.24) is 4.57 Å². The van der Waals surface area contributed by atoms with Crippen LogP contribution in [0.3, 0.4) is 0 Å². The van der Waals surface area contributed by atoms with Crippen molar-refractivity contribution in [3.8, 4) is 11.5 Å². The van der Waals surface area contributed by atoms with Crippen molar-refractivity contribution in [3.05, 3.63) is 84.5 Å². The van der Waals surface area contributed by atoms with Gasteiger partial charge in [-0.2, -0.15) is 0 Å². The van der Waals surface area contributed by atoms with Gasteiger partial charge in [-0.25, -0.2) is 9.79 Å². The molecule has 1 aromatic heterocycles. The number of nitrogens with zero attached hydrogens (tertiary/aromatic N) is 3. The topological polar surface area (TPSA) is 99.4 Å². The van der Waals surface area contributed by atoms with Gasteiger partial charge in [-0.15, -0.1) is 0 Å². The summed E-state index contributed by atoms with van der Waals surface area (Å²) in [6, 6.07) is 12.0. The van der Waals surface area contributed by atoms with Crippen LogP contribution in [0, 0.1) is 5.92 Å². The van der Waals surface area contributed by atoms with Crippen LogP contribution in [0.15, 0.2) is 63.5 Å². The third-order valence-electron chi connectivity index (χ3n) is 6.25. The molecule has 0 spiro atoms. The number of allylic oxidation sites excluding steroid dienone is 1. The quantitative estimate of drug-likeness (QED) is 0.306. The Kier molecular flexibility index (Phi) is 8.58. The summed E-state index contributed by atoms with van der Waals surface area (Å²) in [6.07, 6.45) is 1.82. The second-order valence-corrected chi connectivity index (χ2v) is 11.1. The molecule has 9 nitrogen and oxygen atoms in total. The summed E-state index contributed by atoms with van der Waals surface area (Å²) < 4.78 is 18.3. The average Bonchev–Trinajstić information content (AvgIpc) is 3.20. The number of rotatable bonds is 8. The number of thiazole rings is 1. The minimum Gasteiger partial charge on any atom is -0.493 e. The molecule has 4 rings (SSSR count). The summed E-state index contributed by atoms with van der Waals surface area (Å²) in [4.78, 5) is 46.0. The predicted octanol–water partition coefficient (Wildman–Crippen LogP) is 3.43. The Hall–Kier alpha value is -4.18. The smallest absolute Gasteiger partial charge is 0.338 e. The molecule has 210 valence electrons. The number of fused-ring (bicyclic) bond motifs is 1. The van der Waals surface area contributed by atoms with Gasteiger partial charge >= 0.3 is 11.9 Å². The highest BCUT2D eigenvalue weighted by Gasteiger charge is 2.34. The molecule has 1 aliphatic rings. The molecule has 1 atom stereocenters. The Morgan fingerprint density at radius 3 is 2.42 bits per heavy atom. The lowest BCUT2D eigenvalue weighted by Crippen LogP contribution is -2.40. The highest BCUT2D eigenvalue weighted by Crippen LogP contribution is 2.36. The number of hydrogen-bond donors (Lipinski definition) is 0. The van der Waals surface area contributed by atoms with Crippen LogP contribution in [0.25, 0.3) is 6.08 Å². The fourth-order valence-electron chi connectivity index (χ4n) is 4.33. The number of benzene rings is 2. The number of esters is 2. The molecule has 0 aliphatic carbocycles. The SMILES string of the molecule is COc1cc(C2C(C(=O)OCC(C)C)=C(C)N=c3sc(=Cc4ccc(N(C)C)cc4)c(=O)n32)ccc1OC(C)=O. The second kappa shape index (κ2) is 11.9. The van der Waals surface area contributed by atoms with Gasteiger partial charge in [-0.1, -0.05) is 43.4 Å². The van der Waals surface area contributed by atoms with E-state index in [0.29, 0.717) is 26.3 Å². The maximum atomic E-state index is 13.9. The Bertz CT molecular complexity index is 1650. The molecule has 3 aromatic rings. The van der Waals surface area contributed by atoms with Gasteiger partial charge < -0.3 is 19.1 Å². The standard InChI is InChI=1S/C30H33N3O6S/c1-17(2)16-38-29(36)26-18(3)31-30-33(27(26)21-10-13-23(39-19(4)34)24(15-21)37-7)28(35)25(40-30)14-20-8-11-22(12-9-20)32(5)6/h8-15,17,27H,16H2,1-7H3. The summed E-state index contributed by atoms with van der Waals surface area (Å²) in [7, 11) is 5.39. The van der Waals surface area contributed by atoms with Crippen LogP contribution < -0.4 is 29.3 Å². The van der Waals surface area contributed by atoms with Crippen LogP contribution >= 0.6 is 11.3 Å². The van der Waals surface area contributed by atoms with Crippen molar-refractivity contribution >= 4 is 35.0 Å². The van der Waals surface area contributed by atoms with Crippen LogP contribution in [0.2, 0.25) is 0 Å². The second-order valence-electron chi connectivity index (χ2n) is 10.1. The minimum atomic E-state index is -0.825. The zero-order chi connectivity index (χ0) is 29.1. The number of methoxy groups -OCH3 is 1. The molecule has 2 heterocycles. The van der Waals surface area contributed by atoms with E-state index >= 15 is 0 Å². The van der Waals surface area contributed by atoms with Gasteiger partial charge in [0.15, 0.2) is 16.3 Å². The summed E-state index contributed by atoms with van der Waals surface area (Å²) in [5.74, 6) is -0.383. The van der Waals surface area contributed by atoms with E-state index in [4.69, 9.17) is 14.2 Å². The Balaban J connectivity index is 1.90. The van der Waals surface area contributed by atoms with E-state index in [2.05, 4.69) is 4.99 Å². The first kappa shape index (κ1) is 28.8. The maximum absolute atomic E-state index is 13.9. The Labute approximate surface area is 236 Å². The molecule has 1 unspecified atom stereocenters. The predicted molar refractivity (Wildman–Crippen MR) is 155 cm³/mol. The molecule has 0 N–H and O–H groups in total. The van der Waals surface area contributed by atoms with Crippen molar-refractivity contribution in [1.29, 1.82) is 0 Å². The lowest BCUT2D eigenvalue weighted by Gasteiger charge is -2.25. The largest absolute Gasteiger partial charge is 0.493 e. The fourth-order valence-corrected chi connectivity index (χ4v) is 5.38. The number of hydrogen-bond acceptors (Lipinski definition) is 9. The van der Waals surface area contributed by atoms with E-state index in [9.17, 15) is 14.4 Å². The number of ether oxygens (including phenoxy) is 3. The molecule has 0 radical (unpaired) electrons. The molecule has 0 fully saturated rings. The molecule has 10 heteroatoms. The molecule has 0 saturated carbocycles. The monoisotopic (exact) mass is 563 g/mol. The van der Waals surface area contributed by atoms with Crippen molar-refractivity contribution < 1.29 is 23.8 Å². The molecular weight excluding hydrogens is 530 g/mol. The summed E-state index contributed by atoms with van der Waals surface area (Å²) in [5.41, 5.74) is 2.94. The molecule has 0 bridgehead atoms. The molecule has 2 aromatic carbocycles. The number of carbonyl (C=O) groups is 2. The molecule has 40 heavy (non-hydrogen) atoms. The lowest BCUT2D eigenvalue weighted by molar-refractivity contribution is -0.140. The van der Waals surface area contributed by atoms with E-state index in [1.54, 1.807) is 25.1 Å². The van der Waals surface area contributed by atoms with Crippen LogP contribution in [-0.4, -0.2) is 44.3 Å². The normalized spacial score (nSPS) is 15.0. The van der Waals surface area contributed by atoms with Crippen molar-refractivity contribution in [3.63, 3.8) is 0 Å². The third kappa shape index (κ3) is 6.02. The van der Waals surface area contributed by atoms with Gasteiger partial charge in [-0.05, 0) is 54.3 Å². The molecule has 0 saturated heterocycles. The van der Waals surface area contributed by atoms with Crippen molar-refractivity contribution in [2.75, 3.05) is 32.7 Å². The Morgan fingerprint density at radius 2 is 1.82 bits per heavy atom. The van der Waals surface area contributed by atoms with E-state index in [0.717, 1.165) is 11.3 Å². The first-order valence-corrected chi connectivity index (χ1v) is 13.6. The van der Waals surface area contributed by atoms with Gasteiger partial charge in [0.2, 0.25) is 0 Å². The lowest BCUT2D eigenvalue weighted by atomic mass is 9.95. The first-order chi connectivity index (χ1) is 19.0. The number of carbonyl (C=O) groups excluding carboxylic acids is 2. The van der Waals surface area contributed by atoms with Gasteiger partial charge in [0.1, 0.15) is 0 Å². The zero-order valence-electron chi connectivity index (χ0n) is 23.7. The Morgan fingerprint density at radius 1 is 1.12 bits per heavy atom. The third-order valence-corrected chi connectivity index (χ3v) is 7.24. The van der Waals surface area contributed by atoms with Gasteiger partial charge in [0.05, 0.1) is 35.6 Å². The van der Waals surface area contributed by atoms with E-state index in [1.807, 2.05) is 63.2 Å². The molecule has 1 aliphatic heterocycles.